The Morgan fingerprint density at radius 1 is 1.38 bits per heavy atom. The highest BCUT2D eigenvalue weighted by Crippen LogP contribution is 2.33. The summed E-state index contributed by atoms with van der Waals surface area (Å²) in [6.07, 6.45) is 0.489. The molecule has 26 heavy (non-hydrogen) atoms. The lowest BCUT2D eigenvalue weighted by Gasteiger charge is -2.17. The molecular weight excluding hydrogens is 376 g/mol. The third-order valence-corrected chi connectivity index (χ3v) is 5.54. The number of H-pyrrole nitrogens is 1. The largest absolute Gasteiger partial charge is 0.493 e. The average molecular weight is 390 g/mol. The number of hydrogen-bond donors (Lipinski definition) is 1. The first-order chi connectivity index (χ1) is 12.6. The van der Waals surface area contributed by atoms with E-state index in [0.29, 0.717) is 16.8 Å². The standard InChI is InChI=1S/C17H14N2O5S2/c1-9(24-17(21)11-7-22-4-5-23-11)14-18-15(20)13-10(8-26-16(13)19-14)12-3-2-6-25-12/h2-3,6-9H,4-5H2,1H3,(H,18,19,20)/t9-/m0/s1. The van der Waals surface area contributed by atoms with Crippen LogP contribution in [0.4, 0.5) is 0 Å². The lowest BCUT2D eigenvalue weighted by molar-refractivity contribution is -0.149. The summed E-state index contributed by atoms with van der Waals surface area (Å²) < 4.78 is 15.6. The third-order valence-electron chi connectivity index (χ3n) is 3.77. The van der Waals surface area contributed by atoms with Gasteiger partial charge in [0.1, 0.15) is 24.3 Å². The molecule has 7 nitrogen and oxygen atoms in total. The number of carbonyl (C=O) groups is 1. The average Bonchev–Trinajstić information content (AvgIpc) is 3.31. The van der Waals surface area contributed by atoms with Crippen LogP contribution in [-0.4, -0.2) is 29.2 Å². The first kappa shape index (κ1) is 16.8. The minimum atomic E-state index is -0.738. The topological polar surface area (TPSA) is 90.5 Å². The van der Waals surface area contributed by atoms with Crippen LogP contribution in [0.5, 0.6) is 0 Å². The number of hydrogen-bond acceptors (Lipinski definition) is 8. The van der Waals surface area contributed by atoms with Gasteiger partial charge in [-0.25, -0.2) is 9.78 Å². The summed E-state index contributed by atoms with van der Waals surface area (Å²) in [6.45, 7) is 2.32. The number of rotatable bonds is 4. The smallest absolute Gasteiger partial charge is 0.377 e. The van der Waals surface area contributed by atoms with E-state index in [1.54, 1.807) is 18.3 Å². The van der Waals surface area contributed by atoms with Crippen molar-refractivity contribution in [2.24, 2.45) is 0 Å². The Hall–Kier alpha value is -2.65. The lowest BCUT2D eigenvalue weighted by Crippen LogP contribution is -2.21. The Bertz CT molecular complexity index is 1040. The lowest BCUT2D eigenvalue weighted by atomic mass is 10.2. The van der Waals surface area contributed by atoms with Crippen LogP contribution in [0.2, 0.25) is 0 Å². The Morgan fingerprint density at radius 2 is 2.27 bits per heavy atom. The molecule has 0 radical (unpaired) electrons. The van der Waals surface area contributed by atoms with Gasteiger partial charge in [0.15, 0.2) is 11.9 Å². The molecule has 3 aromatic heterocycles. The summed E-state index contributed by atoms with van der Waals surface area (Å²) in [6, 6.07) is 3.90. The second kappa shape index (κ2) is 6.93. The van der Waals surface area contributed by atoms with Gasteiger partial charge < -0.3 is 19.2 Å². The number of thiophene rings is 2. The molecule has 0 fully saturated rings. The molecule has 0 unspecified atom stereocenters. The fourth-order valence-electron chi connectivity index (χ4n) is 2.52. The molecule has 0 saturated heterocycles. The maximum absolute atomic E-state index is 12.6. The van der Waals surface area contributed by atoms with Crippen molar-refractivity contribution in [3.05, 3.63) is 51.1 Å². The Morgan fingerprint density at radius 3 is 3.00 bits per heavy atom. The summed E-state index contributed by atoms with van der Waals surface area (Å²) in [5.74, 6) is -0.374. The van der Waals surface area contributed by atoms with E-state index in [-0.39, 0.29) is 23.7 Å². The molecular formula is C17H14N2O5S2. The van der Waals surface area contributed by atoms with Crippen molar-refractivity contribution in [2.75, 3.05) is 13.2 Å². The second-order valence-electron chi connectivity index (χ2n) is 5.51. The molecule has 0 amide bonds. The summed E-state index contributed by atoms with van der Waals surface area (Å²) in [4.78, 5) is 33.5. The van der Waals surface area contributed by atoms with Gasteiger partial charge in [-0.05, 0) is 18.4 Å². The minimum Gasteiger partial charge on any atom is -0.493 e. The molecule has 4 heterocycles. The van der Waals surface area contributed by atoms with Crippen molar-refractivity contribution in [3.8, 4) is 10.4 Å². The van der Waals surface area contributed by atoms with Crippen LogP contribution in [0, 0.1) is 0 Å². The molecule has 0 aromatic carbocycles. The minimum absolute atomic E-state index is 0.00244. The molecule has 3 aromatic rings. The van der Waals surface area contributed by atoms with E-state index in [0.717, 1.165) is 10.4 Å². The Kier molecular flexibility index (Phi) is 4.48. The van der Waals surface area contributed by atoms with Crippen LogP contribution in [0.25, 0.3) is 20.7 Å². The first-order valence-corrected chi connectivity index (χ1v) is 9.60. The summed E-state index contributed by atoms with van der Waals surface area (Å²) in [5, 5.41) is 4.42. The quantitative estimate of drug-likeness (QED) is 0.688. The SMILES string of the molecule is C[C@H](OC(=O)C1=COCCO1)c1nc2scc(-c3cccs3)c2c(=O)[nH]1. The fraction of sp³-hybridized carbons (Fsp3) is 0.235. The molecule has 1 aliphatic heterocycles. The summed E-state index contributed by atoms with van der Waals surface area (Å²) >= 11 is 2.95. The molecule has 0 aliphatic carbocycles. The highest BCUT2D eigenvalue weighted by molar-refractivity contribution is 7.18. The van der Waals surface area contributed by atoms with Crippen molar-refractivity contribution in [1.82, 2.24) is 9.97 Å². The van der Waals surface area contributed by atoms with Crippen molar-refractivity contribution in [3.63, 3.8) is 0 Å². The molecule has 0 saturated carbocycles. The van der Waals surface area contributed by atoms with Crippen molar-refractivity contribution in [1.29, 1.82) is 0 Å². The predicted octanol–water partition coefficient (Wildman–Crippen LogP) is 3.21. The maximum Gasteiger partial charge on any atom is 0.377 e. The van der Waals surface area contributed by atoms with E-state index >= 15 is 0 Å². The van der Waals surface area contributed by atoms with Gasteiger partial charge >= 0.3 is 5.97 Å². The van der Waals surface area contributed by atoms with Gasteiger partial charge in [-0.3, -0.25) is 4.79 Å². The Balaban J connectivity index is 1.62. The number of ether oxygens (including phenoxy) is 3. The monoisotopic (exact) mass is 390 g/mol. The molecule has 1 aliphatic rings. The highest BCUT2D eigenvalue weighted by atomic mass is 32.1. The van der Waals surface area contributed by atoms with E-state index in [9.17, 15) is 9.59 Å². The van der Waals surface area contributed by atoms with Crippen molar-refractivity contribution >= 4 is 38.9 Å². The van der Waals surface area contributed by atoms with E-state index < -0.39 is 12.1 Å². The number of esters is 1. The molecule has 1 N–H and O–H groups in total. The van der Waals surface area contributed by atoms with E-state index in [2.05, 4.69) is 9.97 Å². The van der Waals surface area contributed by atoms with E-state index in [1.165, 1.54) is 17.6 Å². The highest BCUT2D eigenvalue weighted by Gasteiger charge is 2.22. The molecule has 134 valence electrons. The van der Waals surface area contributed by atoms with Gasteiger partial charge in [-0.2, -0.15) is 0 Å². The van der Waals surface area contributed by atoms with Crippen LogP contribution in [0.1, 0.15) is 18.9 Å². The van der Waals surface area contributed by atoms with Crippen molar-refractivity contribution < 1.29 is 19.0 Å². The van der Waals surface area contributed by atoms with Gasteiger partial charge in [0.2, 0.25) is 5.76 Å². The van der Waals surface area contributed by atoms with E-state index in [4.69, 9.17) is 14.2 Å². The third kappa shape index (κ3) is 3.11. The zero-order valence-electron chi connectivity index (χ0n) is 13.7. The fourth-order valence-corrected chi connectivity index (χ4v) is 4.29. The van der Waals surface area contributed by atoms with E-state index in [1.807, 2.05) is 22.9 Å². The van der Waals surface area contributed by atoms with Crippen LogP contribution in [0.3, 0.4) is 0 Å². The number of aromatic amines is 1. The van der Waals surface area contributed by atoms with Crippen molar-refractivity contribution in [2.45, 2.75) is 13.0 Å². The Labute approximate surface area is 155 Å². The summed E-state index contributed by atoms with van der Waals surface area (Å²) in [5.41, 5.74) is 0.608. The van der Waals surface area contributed by atoms with Gasteiger partial charge in [-0.1, -0.05) is 6.07 Å². The van der Waals surface area contributed by atoms with Gasteiger partial charge in [0, 0.05) is 15.8 Å². The zero-order chi connectivity index (χ0) is 18.1. The second-order valence-corrected chi connectivity index (χ2v) is 7.31. The number of nitrogens with one attached hydrogen (secondary N) is 1. The molecule has 9 heteroatoms. The first-order valence-electron chi connectivity index (χ1n) is 7.84. The molecule has 1 atom stereocenters. The predicted molar refractivity (Wildman–Crippen MR) is 98.0 cm³/mol. The number of aromatic nitrogens is 2. The van der Waals surface area contributed by atoms with Gasteiger partial charge in [-0.15, -0.1) is 22.7 Å². The molecule has 0 spiro atoms. The number of nitrogens with zero attached hydrogens (tertiary/aromatic N) is 1. The van der Waals surface area contributed by atoms with Crippen LogP contribution in [0.15, 0.2) is 39.7 Å². The van der Waals surface area contributed by atoms with Gasteiger partial charge in [0.25, 0.3) is 5.56 Å². The summed E-state index contributed by atoms with van der Waals surface area (Å²) in [7, 11) is 0. The number of carbonyl (C=O) groups excluding carboxylic acids is 1. The van der Waals surface area contributed by atoms with Crippen LogP contribution >= 0.6 is 22.7 Å². The molecule has 0 bridgehead atoms. The normalized spacial score (nSPS) is 15.0. The molecule has 4 rings (SSSR count). The number of fused-ring (bicyclic) bond motifs is 1. The van der Waals surface area contributed by atoms with Gasteiger partial charge in [0.05, 0.1) is 5.39 Å². The zero-order valence-corrected chi connectivity index (χ0v) is 15.3. The van der Waals surface area contributed by atoms with Crippen LogP contribution < -0.4 is 5.56 Å². The maximum atomic E-state index is 12.6. The van der Waals surface area contributed by atoms with Crippen LogP contribution in [-0.2, 0) is 19.0 Å².